The summed E-state index contributed by atoms with van der Waals surface area (Å²) in [4.78, 5) is 45.0. The average molecular weight is 589 g/mol. The summed E-state index contributed by atoms with van der Waals surface area (Å²) < 4.78 is 13.3. The highest BCUT2D eigenvalue weighted by molar-refractivity contribution is 9.10. The Morgan fingerprint density at radius 3 is 2.75 bits per heavy atom. The van der Waals surface area contributed by atoms with E-state index in [0.717, 1.165) is 15.8 Å². The first-order valence-electron chi connectivity index (χ1n) is 10.9. The summed E-state index contributed by atoms with van der Waals surface area (Å²) in [5, 5.41) is 3.22. The number of methoxy groups -OCH3 is 1. The Morgan fingerprint density at radius 1 is 1.25 bits per heavy atom. The van der Waals surface area contributed by atoms with Crippen molar-refractivity contribution in [2.75, 3.05) is 19.0 Å². The molecule has 8 nitrogen and oxygen atoms in total. The Balaban J connectivity index is 1.86. The molecule has 0 unspecified atom stereocenters. The van der Waals surface area contributed by atoms with Crippen molar-refractivity contribution in [3.63, 3.8) is 0 Å². The number of ether oxygens (including phenoxy) is 2. The molecule has 3 heterocycles. The lowest BCUT2D eigenvalue weighted by Gasteiger charge is -2.26. The van der Waals surface area contributed by atoms with E-state index in [1.807, 2.05) is 6.07 Å². The van der Waals surface area contributed by atoms with Crippen LogP contribution in [0.3, 0.4) is 0 Å². The standard InChI is InChI=1S/C25H19BrClN3O5S/c1-4-35-24(33)18-11(2)28-25-30(20(18)15-10-13(27)6-8-17(15)34-3)23(32)21(36-25)19-14-9-12(26)5-7-16(14)29-22(19)31/h5-10,20H,4H2,1-3H3,(H,29,31)/b21-19+/t20-/m1/s1. The minimum absolute atomic E-state index is 0.148. The second-order valence-corrected chi connectivity index (χ2v) is 10.4. The molecule has 36 heavy (non-hydrogen) atoms. The van der Waals surface area contributed by atoms with E-state index in [9.17, 15) is 14.4 Å². The maximum absolute atomic E-state index is 14.0. The van der Waals surface area contributed by atoms with Gasteiger partial charge in [0.15, 0.2) is 4.80 Å². The maximum atomic E-state index is 14.0. The molecular weight excluding hydrogens is 570 g/mol. The Bertz CT molecular complexity index is 1670. The topological polar surface area (TPSA) is 99.0 Å². The Kier molecular flexibility index (Phi) is 6.36. The molecule has 3 aromatic rings. The summed E-state index contributed by atoms with van der Waals surface area (Å²) in [5.74, 6) is -0.546. The molecule has 0 radical (unpaired) electrons. The van der Waals surface area contributed by atoms with Crippen molar-refractivity contribution in [3.05, 3.63) is 88.0 Å². The molecule has 1 atom stereocenters. The third kappa shape index (κ3) is 3.89. The van der Waals surface area contributed by atoms with E-state index in [1.54, 1.807) is 44.2 Å². The second kappa shape index (κ2) is 9.34. The lowest BCUT2D eigenvalue weighted by atomic mass is 9.95. The Hall–Kier alpha value is -3.21. The van der Waals surface area contributed by atoms with E-state index in [-0.39, 0.29) is 28.2 Å². The molecule has 0 saturated carbocycles. The van der Waals surface area contributed by atoms with Gasteiger partial charge in [-0.3, -0.25) is 14.2 Å². The molecule has 1 aromatic heterocycles. The number of benzene rings is 2. The number of anilines is 1. The van der Waals surface area contributed by atoms with Crippen LogP contribution in [0.5, 0.6) is 5.75 Å². The van der Waals surface area contributed by atoms with Gasteiger partial charge in [-0.1, -0.05) is 38.9 Å². The minimum Gasteiger partial charge on any atom is -0.496 e. The molecule has 0 saturated heterocycles. The zero-order valence-corrected chi connectivity index (χ0v) is 22.5. The first-order valence-corrected chi connectivity index (χ1v) is 12.9. The molecule has 2 aromatic carbocycles. The number of hydrogen-bond donors (Lipinski definition) is 1. The van der Waals surface area contributed by atoms with Crippen LogP contribution < -0.4 is 24.9 Å². The third-order valence-corrected chi connectivity index (χ3v) is 7.71. The SMILES string of the molecule is CCOC(=O)C1=C(C)N=c2s/c(=C3/C(=O)Nc4ccc(Br)cc43)c(=O)n2[C@@H]1c1cc(Cl)ccc1OC. The van der Waals surface area contributed by atoms with Gasteiger partial charge in [0, 0.05) is 26.3 Å². The molecule has 5 rings (SSSR count). The number of amides is 1. The second-order valence-electron chi connectivity index (χ2n) is 8.03. The fourth-order valence-electron chi connectivity index (χ4n) is 4.42. The Labute approximate surface area is 222 Å². The van der Waals surface area contributed by atoms with Gasteiger partial charge >= 0.3 is 5.97 Å². The van der Waals surface area contributed by atoms with E-state index >= 15 is 0 Å². The van der Waals surface area contributed by atoms with E-state index in [1.165, 1.54) is 11.7 Å². The van der Waals surface area contributed by atoms with Gasteiger partial charge in [-0.25, -0.2) is 9.79 Å². The Morgan fingerprint density at radius 2 is 2.03 bits per heavy atom. The highest BCUT2D eigenvalue weighted by Crippen LogP contribution is 2.38. The number of carbonyl (C=O) groups excluding carboxylic acids is 2. The zero-order chi connectivity index (χ0) is 25.7. The monoisotopic (exact) mass is 587 g/mol. The minimum atomic E-state index is -0.922. The van der Waals surface area contributed by atoms with Gasteiger partial charge in [0.05, 0.1) is 30.6 Å². The largest absolute Gasteiger partial charge is 0.496 e. The lowest BCUT2D eigenvalue weighted by Crippen LogP contribution is -2.40. The van der Waals surface area contributed by atoms with E-state index in [0.29, 0.717) is 38.1 Å². The highest BCUT2D eigenvalue weighted by Gasteiger charge is 2.36. The van der Waals surface area contributed by atoms with Gasteiger partial charge in [-0.15, -0.1) is 0 Å². The van der Waals surface area contributed by atoms with Crippen molar-refractivity contribution in [1.29, 1.82) is 0 Å². The number of aromatic nitrogens is 1. The first kappa shape index (κ1) is 24.5. The molecule has 1 N–H and O–H groups in total. The van der Waals surface area contributed by atoms with E-state index < -0.39 is 17.6 Å². The summed E-state index contributed by atoms with van der Waals surface area (Å²) in [6, 6.07) is 9.43. The van der Waals surface area contributed by atoms with Gasteiger partial charge in [-0.05, 0) is 50.2 Å². The van der Waals surface area contributed by atoms with Crippen molar-refractivity contribution in [3.8, 4) is 5.75 Å². The van der Waals surface area contributed by atoms with E-state index in [4.69, 9.17) is 21.1 Å². The van der Waals surface area contributed by atoms with Crippen molar-refractivity contribution < 1.29 is 19.1 Å². The zero-order valence-electron chi connectivity index (χ0n) is 19.3. The molecule has 1 amide bonds. The number of fused-ring (bicyclic) bond motifs is 2. The van der Waals surface area contributed by atoms with Crippen LogP contribution in [0.25, 0.3) is 5.57 Å². The van der Waals surface area contributed by atoms with Gasteiger partial charge in [0.25, 0.3) is 11.5 Å². The number of esters is 1. The summed E-state index contributed by atoms with van der Waals surface area (Å²) in [6.07, 6.45) is 0. The van der Waals surface area contributed by atoms with Crippen LogP contribution in [0.4, 0.5) is 5.69 Å². The predicted molar refractivity (Wildman–Crippen MR) is 140 cm³/mol. The number of rotatable bonds is 4. The van der Waals surface area contributed by atoms with Crippen molar-refractivity contribution in [1.82, 2.24) is 4.57 Å². The molecular formula is C25H19BrClN3O5S. The summed E-state index contributed by atoms with van der Waals surface area (Å²) in [7, 11) is 1.50. The molecule has 11 heteroatoms. The number of carbonyl (C=O) groups is 2. The summed E-state index contributed by atoms with van der Waals surface area (Å²) in [6.45, 7) is 3.54. The molecule has 2 aliphatic rings. The van der Waals surface area contributed by atoms with Gasteiger partial charge in [0.1, 0.15) is 16.3 Å². The van der Waals surface area contributed by atoms with E-state index in [2.05, 4.69) is 26.2 Å². The van der Waals surface area contributed by atoms with Crippen molar-refractivity contribution in [2.45, 2.75) is 19.9 Å². The fraction of sp³-hybridized carbons (Fsp3) is 0.200. The van der Waals surface area contributed by atoms with Crippen LogP contribution >= 0.6 is 38.9 Å². The van der Waals surface area contributed by atoms with Crippen LogP contribution in [0, 0.1) is 0 Å². The molecule has 2 aliphatic heterocycles. The highest BCUT2D eigenvalue weighted by atomic mass is 79.9. The normalized spacial score (nSPS) is 17.8. The van der Waals surface area contributed by atoms with Crippen LogP contribution in [0.15, 0.2) is 61.9 Å². The lowest BCUT2D eigenvalue weighted by molar-refractivity contribution is -0.139. The van der Waals surface area contributed by atoms with Crippen molar-refractivity contribution >= 4 is 62.0 Å². The van der Waals surface area contributed by atoms with Crippen LogP contribution in [0.1, 0.15) is 31.0 Å². The number of nitrogens with zero attached hydrogens (tertiary/aromatic N) is 2. The maximum Gasteiger partial charge on any atom is 0.338 e. The molecule has 0 bridgehead atoms. The van der Waals surface area contributed by atoms with Gasteiger partial charge < -0.3 is 14.8 Å². The first-order chi connectivity index (χ1) is 17.2. The number of nitrogens with one attached hydrogen (secondary N) is 1. The smallest absolute Gasteiger partial charge is 0.338 e. The number of hydrogen-bond acceptors (Lipinski definition) is 7. The summed E-state index contributed by atoms with van der Waals surface area (Å²) in [5.41, 5.74) is 2.11. The van der Waals surface area contributed by atoms with Crippen LogP contribution in [-0.4, -0.2) is 30.2 Å². The quantitative estimate of drug-likeness (QED) is 0.470. The molecule has 0 aliphatic carbocycles. The number of allylic oxidation sites excluding steroid dienone is 1. The number of halogens is 2. The predicted octanol–water partition coefficient (Wildman–Crippen LogP) is 3.55. The van der Waals surface area contributed by atoms with Gasteiger partial charge in [-0.2, -0.15) is 0 Å². The number of thiazole rings is 1. The average Bonchev–Trinajstić information content (AvgIpc) is 3.32. The fourth-order valence-corrected chi connectivity index (χ4v) is 6.10. The van der Waals surface area contributed by atoms with Crippen LogP contribution in [-0.2, 0) is 14.3 Å². The van der Waals surface area contributed by atoms with Crippen molar-refractivity contribution in [2.24, 2.45) is 4.99 Å². The molecule has 184 valence electrons. The molecule has 0 fully saturated rings. The van der Waals surface area contributed by atoms with Crippen LogP contribution in [0.2, 0.25) is 5.02 Å². The van der Waals surface area contributed by atoms with Gasteiger partial charge in [0.2, 0.25) is 0 Å². The molecule has 0 spiro atoms. The summed E-state index contributed by atoms with van der Waals surface area (Å²) >= 11 is 10.9. The third-order valence-electron chi connectivity index (χ3n) is 5.93.